The Kier molecular flexibility index (Phi) is 4.37. The average Bonchev–Trinajstić information content (AvgIpc) is 2.17. The Balaban J connectivity index is 2.63. The van der Waals surface area contributed by atoms with E-state index in [1.807, 2.05) is 0 Å². The van der Waals surface area contributed by atoms with Gasteiger partial charge in [0.2, 0.25) is 0 Å². The van der Waals surface area contributed by atoms with Crippen LogP contribution in [0.5, 0.6) is 0 Å². The molecular formula is C11H21N3. The number of hydrogen-bond acceptors (Lipinski definition) is 3. The summed E-state index contributed by atoms with van der Waals surface area (Å²) in [4.78, 5) is 2.44. The number of hydrogen-bond donors (Lipinski definition) is 1. The molecule has 14 heavy (non-hydrogen) atoms. The molecule has 0 bridgehead atoms. The number of piperidine rings is 1. The molecule has 0 aromatic carbocycles. The van der Waals surface area contributed by atoms with Gasteiger partial charge in [-0.15, -0.1) is 0 Å². The molecule has 0 aromatic heterocycles. The SMILES string of the molecule is CC(CC#N)N1C(C)CCCC1CN. The van der Waals surface area contributed by atoms with Crippen molar-refractivity contribution in [1.29, 1.82) is 5.26 Å². The molecule has 3 atom stereocenters. The van der Waals surface area contributed by atoms with E-state index < -0.39 is 0 Å². The summed E-state index contributed by atoms with van der Waals surface area (Å²) in [5.41, 5.74) is 5.77. The standard InChI is InChI=1S/C11H21N3/c1-9-4-3-5-11(8-13)14(9)10(2)6-7-12/h9-11H,3-6,8,13H2,1-2H3. The first-order chi connectivity index (χ1) is 6.70. The van der Waals surface area contributed by atoms with Crippen LogP contribution < -0.4 is 5.73 Å². The minimum absolute atomic E-state index is 0.351. The van der Waals surface area contributed by atoms with Gasteiger partial charge in [-0.3, -0.25) is 4.90 Å². The molecule has 0 amide bonds. The highest BCUT2D eigenvalue weighted by Gasteiger charge is 2.30. The van der Waals surface area contributed by atoms with E-state index in [2.05, 4.69) is 24.8 Å². The van der Waals surface area contributed by atoms with Gasteiger partial charge in [0.1, 0.15) is 0 Å². The highest BCUT2D eigenvalue weighted by atomic mass is 15.2. The summed E-state index contributed by atoms with van der Waals surface area (Å²) in [5.74, 6) is 0. The second-order valence-corrected chi connectivity index (χ2v) is 4.33. The molecule has 0 aromatic rings. The van der Waals surface area contributed by atoms with Gasteiger partial charge in [0, 0.05) is 24.7 Å². The number of likely N-dealkylation sites (tertiary alicyclic amines) is 1. The predicted molar refractivity (Wildman–Crippen MR) is 57.7 cm³/mol. The van der Waals surface area contributed by atoms with Gasteiger partial charge in [0.05, 0.1) is 12.5 Å². The molecule has 1 saturated heterocycles. The highest BCUT2D eigenvalue weighted by Crippen LogP contribution is 2.25. The van der Waals surface area contributed by atoms with Gasteiger partial charge in [-0.1, -0.05) is 6.42 Å². The molecule has 1 heterocycles. The fraction of sp³-hybridized carbons (Fsp3) is 0.909. The largest absolute Gasteiger partial charge is 0.329 e. The monoisotopic (exact) mass is 195 g/mol. The molecular weight excluding hydrogens is 174 g/mol. The fourth-order valence-electron chi connectivity index (χ4n) is 2.58. The molecule has 3 unspecified atom stereocenters. The van der Waals surface area contributed by atoms with E-state index in [9.17, 15) is 0 Å². The van der Waals surface area contributed by atoms with Gasteiger partial charge >= 0.3 is 0 Å². The van der Waals surface area contributed by atoms with Crippen molar-refractivity contribution in [3.8, 4) is 6.07 Å². The van der Waals surface area contributed by atoms with Crippen LogP contribution in [-0.2, 0) is 0 Å². The van der Waals surface area contributed by atoms with Crippen molar-refractivity contribution >= 4 is 0 Å². The zero-order chi connectivity index (χ0) is 10.6. The highest BCUT2D eigenvalue weighted by molar-refractivity contribution is 4.89. The Labute approximate surface area is 86.9 Å². The molecule has 80 valence electrons. The second kappa shape index (κ2) is 5.33. The van der Waals surface area contributed by atoms with E-state index in [0.717, 1.165) is 6.54 Å². The van der Waals surface area contributed by atoms with Crippen molar-refractivity contribution in [2.24, 2.45) is 5.73 Å². The molecule has 1 aliphatic rings. The van der Waals surface area contributed by atoms with E-state index in [4.69, 9.17) is 11.0 Å². The van der Waals surface area contributed by atoms with Crippen LogP contribution in [0.25, 0.3) is 0 Å². The first-order valence-corrected chi connectivity index (χ1v) is 5.55. The summed E-state index contributed by atoms with van der Waals surface area (Å²) in [5, 5.41) is 8.70. The van der Waals surface area contributed by atoms with Crippen molar-refractivity contribution in [2.75, 3.05) is 6.54 Å². The number of nitrogens with zero attached hydrogens (tertiary/aromatic N) is 2. The first-order valence-electron chi connectivity index (χ1n) is 5.55. The van der Waals surface area contributed by atoms with Gasteiger partial charge in [-0.2, -0.15) is 5.26 Å². The zero-order valence-electron chi connectivity index (χ0n) is 9.24. The van der Waals surface area contributed by atoms with E-state index in [1.165, 1.54) is 19.3 Å². The lowest BCUT2D eigenvalue weighted by Crippen LogP contribution is -2.52. The third-order valence-corrected chi connectivity index (χ3v) is 3.26. The Morgan fingerprint density at radius 2 is 2.29 bits per heavy atom. The second-order valence-electron chi connectivity index (χ2n) is 4.33. The molecule has 1 rings (SSSR count). The molecule has 2 N–H and O–H groups in total. The van der Waals surface area contributed by atoms with E-state index in [-0.39, 0.29) is 0 Å². The molecule has 3 heteroatoms. The Morgan fingerprint density at radius 3 is 2.86 bits per heavy atom. The Hall–Kier alpha value is -0.590. The molecule has 0 radical (unpaired) electrons. The first kappa shape index (κ1) is 11.5. The quantitative estimate of drug-likeness (QED) is 0.742. The summed E-state index contributed by atoms with van der Waals surface area (Å²) < 4.78 is 0. The third kappa shape index (κ3) is 2.46. The molecule has 0 spiro atoms. The summed E-state index contributed by atoms with van der Waals surface area (Å²) in [6.07, 6.45) is 4.32. The zero-order valence-corrected chi connectivity index (χ0v) is 9.24. The third-order valence-electron chi connectivity index (χ3n) is 3.26. The van der Waals surface area contributed by atoms with Crippen molar-refractivity contribution in [3.05, 3.63) is 0 Å². The number of rotatable bonds is 3. The number of nitriles is 1. The van der Waals surface area contributed by atoms with Crippen LogP contribution in [0.1, 0.15) is 39.5 Å². The van der Waals surface area contributed by atoms with Crippen LogP contribution in [0, 0.1) is 11.3 Å². The van der Waals surface area contributed by atoms with Crippen LogP contribution in [0.3, 0.4) is 0 Å². The maximum atomic E-state index is 8.70. The van der Waals surface area contributed by atoms with Crippen LogP contribution in [0.4, 0.5) is 0 Å². The smallest absolute Gasteiger partial charge is 0.0638 e. The molecule has 3 nitrogen and oxygen atoms in total. The summed E-state index contributed by atoms with van der Waals surface area (Å²) in [6, 6.07) is 3.67. The predicted octanol–water partition coefficient (Wildman–Crippen LogP) is 1.49. The van der Waals surface area contributed by atoms with Gasteiger partial charge in [-0.05, 0) is 26.7 Å². The van der Waals surface area contributed by atoms with Crippen molar-refractivity contribution in [1.82, 2.24) is 4.90 Å². The van der Waals surface area contributed by atoms with E-state index >= 15 is 0 Å². The maximum Gasteiger partial charge on any atom is 0.0638 e. The van der Waals surface area contributed by atoms with Gasteiger partial charge in [0.15, 0.2) is 0 Å². The summed E-state index contributed by atoms with van der Waals surface area (Å²) >= 11 is 0. The van der Waals surface area contributed by atoms with Crippen LogP contribution in [0.15, 0.2) is 0 Å². The van der Waals surface area contributed by atoms with Crippen LogP contribution in [-0.4, -0.2) is 29.6 Å². The summed E-state index contributed by atoms with van der Waals surface area (Å²) in [6.45, 7) is 5.10. The summed E-state index contributed by atoms with van der Waals surface area (Å²) in [7, 11) is 0. The minimum atomic E-state index is 0.351. The minimum Gasteiger partial charge on any atom is -0.329 e. The molecule has 1 aliphatic heterocycles. The Morgan fingerprint density at radius 1 is 1.57 bits per heavy atom. The fourth-order valence-corrected chi connectivity index (χ4v) is 2.58. The van der Waals surface area contributed by atoms with Gasteiger partial charge < -0.3 is 5.73 Å². The van der Waals surface area contributed by atoms with Crippen molar-refractivity contribution < 1.29 is 0 Å². The maximum absolute atomic E-state index is 8.70. The van der Waals surface area contributed by atoms with Crippen LogP contribution >= 0.6 is 0 Å². The molecule has 0 saturated carbocycles. The topological polar surface area (TPSA) is 53.0 Å². The van der Waals surface area contributed by atoms with E-state index in [1.54, 1.807) is 0 Å². The Bertz CT molecular complexity index is 209. The van der Waals surface area contributed by atoms with Gasteiger partial charge in [0.25, 0.3) is 0 Å². The normalized spacial score (nSPS) is 31.0. The lowest BCUT2D eigenvalue weighted by Gasteiger charge is -2.43. The van der Waals surface area contributed by atoms with Crippen LogP contribution in [0.2, 0.25) is 0 Å². The number of nitrogens with two attached hydrogens (primary N) is 1. The molecule has 0 aliphatic carbocycles. The lowest BCUT2D eigenvalue weighted by molar-refractivity contribution is 0.0593. The van der Waals surface area contributed by atoms with Crippen molar-refractivity contribution in [2.45, 2.75) is 57.7 Å². The molecule has 1 fully saturated rings. The van der Waals surface area contributed by atoms with Crippen molar-refractivity contribution in [3.63, 3.8) is 0 Å². The van der Waals surface area contributed by atoms with Gasteiger partial charge in [-0.25, -0.2) is 0 Å². The lowest BCUT2D eigenvalue weighted by atomic mass is 9.94. The van der Waals surface area contributed by atoms with E-state index in [0.29, 0.717) is 24.5 Å². The average molecular weight is 195 g/mol.